The maximum absolute atomic E-state index is 4.44. The Balaban J connectivity index is 2.22. The number of aromatic nitrogens is 2. The summed E-state index contributed by atoms with van der Waals surface area (Å²) >= 11 is 0. The summed E-state index contributed by atoms with van der Waals surface area (Å²) in [6, 6.07) is 0.343. The Morgan fingerprint density at radius 3 is 2.53 bits per heavy atom. The van der Waals surface area contributed by atoms with Crippen LogP contribution >= 0.6 is 0 Å². The zero-order chi connectivity index (χ0) is 13.9. The number of rotatable bonds is 6. The van der Waals surface area contributed by atoms with E-state index in [0.717, 1.165) is 13.1 Å². The highest BCUT2D eigenvalue weighted by Crippen LogP contribution is 2.33. The Morgan fingerprint density at radius 1 is 1.32 bits per heavy atom. The summed E-state index contributed by atoms with van der Waals surface area (Å²) in [7, 11) is 0. The van der Waals surface area contributed by atoms with Gasteiger partial charge >= 0.3 is 0 Å². The highest BCUT2D eigenvalue weighted by Gasteiger charge is 2.37. The molecule has 1 aliphatic rings. The maximum Gasteiger partial charge on any atom is 0.0538 e. The van der Waals surface area contributed by atoms with E-state index >= 15 is 0 Å². The van der Waals surface area contributed by atoms with Crippen molar-refractivity contribution in [2.75, 3.05) is 19.6 Å². The molecule has 1 fully saturated rings. The SMILES string of the molecule is CCNC(c1cnn(CC)c1)C(C)(C)N1CCCC1. The molecule has 108 valence electrons. The molecule has 2 rings (SSSR count). The number of nitrogens with one attached hydrogen (secondary N) is 1. The fourth-order valence-corrected chi connectivity index (χ4v) is 3.16. The fraction of sp³-hybridized carbons (Fsp3) is 0.800. The van der Waals surface area contributed by atoms with Crippen LogP contribution in [-0.2, 0) is 6.54 Å². The molecule has 4 nitrogen and oxygen atoms in total. The molecule has 1 aromatic rings. The molecule has 1 atom stereocenters. The van der Waals surface area contributed by atoms with Crippen molar-refractivity contribution in [2.24, 2.45) is 0 Å². The Morgan fingerprint density at radius 2 is 2.00 bits per heavy atom. The van der Waals surface area contributed by atoms with Gasteiger partial charge in [-0.1, -0.05) is 6.92 Å². The van der Waals surface area contributed by atoms with E-state index in [1.165, 1.54) is 31.5 Å². The van der Waals surface area contributed by atoms with Crippen LogP contribution in [-0.4, -0.2) is 39.9 Å². The zero-order valence-corrected chi connectivity index (χ0v) is 12.8. The molecular formula is C15H28N4. The van der Waals surface area contributed by atoms with E-state index in [4.69, 9.17) is 0 Å². The molecule has 19 heavy (non-hydrogen) atoms. The van der Waals surface area contributed by atoms with E-state index < -0.39 is 0 Å². The van der Waals surface area contributed by atoms with Crippen molar-refractivity contribution in [2.45, 2.75) is 58.7 Å². The molecule has 1 aromatic heterocycles. The second-order valence-corrected chi connectivity index (χ2v) is 5.97. The Labute approximate surface area is 117 Å². The lowest BCUT2D eigenvalue weighted by molar-refractivity contribution is 0.107. The zero-order valence-electron chi connectivity index (χ0n) is 12.8. The normalized spacial score (nSPS) is 18.9. The largest absolute Gasteiger partial charge is 0.309 e. The van der Waals surface area contributed by atoms with Gasteiger partial charge in [-0.2, -0.15) is 5.10 Å². The number of hydrogen-bond acceptors (Lipinski definition) is 3. The first kappa shape index (κ1) is 14.5. The maximum atomic E-state index is 4.44. The molecule has 0 aliphatic carbocycles. The summed E-state index contributed by atoms with van der Waals surface area (Å²) in [5.74, 6) is 0. The summed E-state index contributed by atoms with van der Waals surface area (Å²) in [6.45, 7) is 13.4. The minimum atomic E-state index is 0.133. The minimum absolute atomic E-state index is 0.133. The van der Waals surface area contributed by atoms with Crippen LogP contribution in [0.15, 0.2) is 12.4 Å². The van der Waals surface area contributed by atoms with E-state index in [9.17, 15) is 0 Å². The highest BCUT2D eigenvalue weighted by atomic mass is 15.3. The lowest BCUT2D eigenvalue weighted by atomic mass is 9.88. The molecule has 1 unspecified atom stereocenters. The molecular weight excluding hydrogens is 236 g/mol. The summed E-state index contributed by atoms with van der Waals surface area (Å²) < 4.78 is 2.01. The lowest BCUT2D eigenvalue weighted by Gasteiger charge is -2.42. The number of aryl methyl sites for hydroxylation is 1. The molecule has 4 heteroatoms. The number of likely N-dealkylation sites (tertiary alicyclic amines) is 1. The van der Waals surface area contributed by atoms with E-state index in [1.54, 1.807) is 0 Å². The lowest BCUT2D eigenvalue weighted by Crippen LogP contribution is -2.51. The van der Waals surface area contributed by atoms with E-state index in [0.29, 0.717) is 6.04 Å². The van der Waals surface area contributed by atoms with Gasteiger partial charge in [0.05, 0.1) is 12.2 Å². The van der Waals surface area contributed by atoms with Crippen molar-refractivity contribution in [1.82, 2.24) is 20.0 Å². The first-order valence-electron chi connectivity index (χ1n) is 7.60. The number of hydrogen-bond donors (Lipinski definition) is 1. The van der Waals surface area contributed by atoms with Crippen LogP contribution in [0.5, 0.6) is 0 Å². The molecule has 0 bridgehead atoms. The molecule has 1 N–H and O–H groups in total. The van der Waals surface area contributed by atoms with Crippen molar-refractivity contribution in [3.63, 3.8) is 0 Å². The smallest absolute Gasteiger partial charge is 0.0538 e. The van der Waals surface area contributed by atoms with Gasteiger partial charge in [0.25, 0.3) is 0 Å². The molecule has 1 aliphatic heterocycles. The van der Waals surface area contributed by atoms with Crippen LogP contribution in [0.4, 0.5) is 0 Å². The van der Waals surface area contributed by atoms with Crippen LogP contribution in [0.25, 0.3) is 0 Å². The molecule has 0 radical (unpaired) electrons. The van der Waals surface area contributed by atoms with Crippen molar-refractivity contribution in [1.29, 1.82) is 0 Å². The van der Waals surface area contributed by atoms with Gasteiger partial charge in [-0.15, -0.1) is 0 Å². The second kappa shape index (κ2) is 6.06. The summed E-state index contributed by atoms with van der Waals surface area (Å²) in [5, 5.41) is 8.09. The van der Waals surface area contributed by atoms with Gasteiger partial charge in [0.1, 0.15) is 0 Å². The van der Waals surface area contributed by atoms with Crippen LogP contribution in [0.1, 0.15) is 52.1 Å². The predicted molar refractivity (Wildman–Crippen MR) is 79.2 cm³/mol. The van der Waals surface area contributed by atoms with Gasteiger partial charge in [-0.25, -0.2) is 0 Å². The molecule has 1 saturated heterocycles. The number of likely N-dealkylation sites (N-methyl/N-ethyl adjacent to an activating group) is 1. The third-order valence-electron chi connectivity index (χ3n) is 4.35. The van der Waals surface area contributed by atoms with Gasteiger partial charge in [-0.05, 0) is 53.2 Å². The van der Waals surface area contributed by atoms with E-state index in [-0.39, 0.29) is 5.54 Å². The van der Waals surface area contributed by atoms with Crippen LogP contribution in [0.2, 0.25) is 0 Å². The molecule has 0 spiro atoms. The van der Waals surface area contributed by atoms with Crippen LogP contribution in [0.3, 0.4) is 0 Å². The van der Waals surface area contributed by atoms with Crippen LogP contribution in [0, 0.1) is 0 Å². The highest BCUT2D eigenvalue weighted by molar-refractivity contribution is 5.17. The van der Waals surface area contributed by atoms with Gasteiger partial charge in [0.15, 0.2) is 0 Å². The quantitative estimate of drug-likeness (QED) is 0.856. The van der Waals surface area contributed by atoms with Crippen molar-refractivity contribution < 1.29 is 0 Å². The second-order valence-electron chi connectivity index (χ2n) is 5.97. The Hall–Kier alpha value is -0.870. The van der Waals surface area contributed by atoms with Gasteiger partial charge in [0, 0.05) is 23.8 Å². The summed E-state index contributed by atoms with van der Waals surface area (Å²) in [6.07, 6.45) is 6.87. The Bertz CT molecular complexity index is 391. The molecule has 2 heterocycles. The first-order chi connectivity index (χ1) is 9.09. The summed E-state index contributed by atoms with van der Waals surface area (Å²) in [4.78, 5) is 2.61. The number of nitrogens with zero attached hydrogens (tertiary/aromatic N) is 3. The fourth-order valence-electron chi connectivity index (χ4n) is 3.16. The van der Waals surface area contributed by atoms with Crippen molar-refractivity contribution in [3.05, 3.63) is 18.0 Å². The summed E-state index contributed by atoms with van der Waals surface area (Å²) in [5.41, 5.74) is 1.44. The minimum Gasteiger partial charge on any atom is -0.309 e. The van der Waals surface area contributed by atoms with Crippen LogP contribution < -0.4 is 5.32 Å². The average molecular weight is 264 g/mol. The molecule has 0 saturated carbocycles. The topological polar surface area (TPSA) is 33.1 Å². The predicted octanol–water partition coefficient (Wildman–Crippen LogP) is 2.43. The standard InChI is InChI=1S/C15H28N4/c1-5-16-14(13-11-17-19(6-2)12-13)15(3,4)18-9-7-8-10-18/h11-12,14,16H,5-10H2,1-4H3. The van der Waals surface area contributed by atoms with Gasteiger partial charge < -0.3 is 5.32 Å². The third kappa shape index (κ3) is 3.00. The van der Waals surface area contributed by atoms with Crippen molar-refractivity contribution >= 4 is 0 Å². The molecule has 0 amide bonds. The Kier molecular flexibility index (Phi) is 4.63. The van der Waals surface area contributed by atoms with E-state index in [1.807, 2.05) is 10.9 Å². The molecule has 0 aromatic carbocycles. The average Bonchev–Trinajstić information content (AvgIpc) is 3.06. The third-order valence-corrected chi connectivity index (χ3v) is 4.35. The van der Waals surface area contributed by atoms with E-state index in [2.05, 4.69) is 49.2 Å². The first-order valence-corrected chi connectivity index (χ1v) is 7.60. The van der Waals surface area contributed by atoms with Gasteiger partial charge in [0.2, 0.25) is 0 Å². The van der Waals surface area contributed by atoms with Gasteiger partial charge in [-0.3, -0.25) is 9.58 Å². The monoisotopic (exact) mass is 264 g/mol. The van der Waals surface area contributed by atoms with Crippen molar-refractivity contribution in [3.8, 4) is 0 Å².